The molecule has 3 rings (SSSR count). The Bertz CT molecular complexity index is 683. The molecule has 1 atom stereocenters. The van der Waals surface area contributed by atoms with Crippen molar-refractivity contribution in [3.8, 4) is 0 Å². The van der Waals surface area contributed by atoms with E-state index < -0.39 is 0 Å². The van der Waals surface area contributed by atoms with Gasteiger partial charge in [-0.15, -0.1) is 0 Å². The number of nitrogens with two attached hydrogens (primary N) is 1. The lowest BCUT2D eigenvalue weighted by atomic mass is 10.1. The second-order valence-electron chi connectivity index (χ2n) is 5.77. The van der Waals surface area contributed by atoms with Crippen molar-refractivity contribution in [3.63, 3.8) is 0 Å². The smallest absolute Gasteiger partial charge is 0.139 e. The fourth-order valence-electron chi connectivity index (χ4n) is 2.88. The molecule has 2 heterocycles. The molecule has 110 valence electrons. The number of hydrogen-bond donors (Lipinski definition) is 1. The van der Waals surface area contributed by atoms with E-state index in [0.29, 0.717) is 11.0 Å². The highest BCUT2D eigenvalue weighted by Crippen LogP contribution is 2.27. The molecule has 21 heavy (non-hydrogen) atoms. The highest BCUT2D eigenvalue weighted by atomic mass is 32.1. The normalized spacial score (nSPS) is 18.6. The molecular formula is C16H20N4S. The van der Waals surface area contributed by atoms with Gasteiger partial charge in [-0.25, -0.2) is 4.98 Å². The second-order valence-corrected chi connectivity index (χ2v) is 6.21. The summed E-state index contributed by atoms with van der Waals surface area (Å²) in [6.45, 7) is 1.96. The minimum Gasteiger partial charge on any atom is -0.389 e. The van der Waals surface area contributed by atoms with Crippen molar-refractivity contribution in [1.82, 2.24) is 9.88 Å². The fraction of sp³-hybridized carbons (Fsp3) is 0.375. The lowest BCUT2D eigenvalue weighted by Crippen LogP contribution is -2.32. The van der Waals surface area contributed by atoms with Crippen molar-refractivity contribution in [3.05, 3.63) is 35.9 Å². The maximum absolute atomic E-state index is 5.92. The van der Waals surface area contributed by atoms with E-state index in [4.69, 9.17) is 22.9 Å². The standard InChI is InChI=1S/C16H20N4S/c1-19(2)12-7-8-20(10-12)16-13(15(17)21)9-11-5-3-4-6-14(11)18-16/h3-6,9,12H,7-8,10H2,1-2H3,(H2,17,21). The molecule has 0 aliphatic carbocycles. The molecule has 0 saturated carbocycles. The van der Waals surface area contributed by atoms with Crippen LogP contribution in [0.1, 0.15) is 12.0 Å². The van der Waals surface area contributed by atoms with Crippen LogP contribution in [0.5, 0.6) is 0 Å². The van der Waals surface area contributed by atoms with Gasteiger partial charge in [0.15, 0.2) is 0 Å². The van der Waals surface area contributed by atoms with Crippen LogP contribution in [0.15, 0.2) is 30.3 Å². The van der Waals surface area contributed by atoms with E-state index in [0.717, 1.165) is 41.8 Å². The van der Waals surface area contributed by atoms with Gasteiger partial charge in [0.1, 0.15) is 10.8 Å². The van der Waals surface area contributed by atoms with Gasteiger partial charge in [-0.05, 0) is 32.6 Å². The second kappa shape index (κ2) is 5.58. The summed E-state index contributed by atoms with van der Waals surface area (Å²) in [5.41, 5.74) is 7.79. The van der Waals surface area contributed by atoms with E-state index in [1.807, 2.05) is 24.3 Å². The number of pyridine rings is 1. The fourth-order valence-corrected chi connectivity index (χ4v) is 3.03. The summed E-state index contributed by atoms with van der Waals surface area (Å²) in [5, 5.41) is 1.08. The van der Waals surface area contributed by atoms with Gasteiger partial charge >= 0.3 is 0 Å². The zero-order chi connectivity index (χ0) is 15.0. The highest BCUT2D eigenvalue weighted by Gasteiger charge is 2.27. The molecular weight excluding hydrogens is 280 g/mol. The zero-order valence-electron chi connectivity index (χ0n) is 12.4. The van der Waals surface area contributed by atoms with Crippen molar-refractivity contribution in [2.75, 3.05) is 32.1 Å². The monoisotopic (exact) mass is 300 g/mol. The zero-order valence-corrected chi connectivity index (χ0v) is 13.2. The molecule has 2 N–H and O–H groups in total. The van der Waals surface area contributed by atoms with Gasteiger partial charge in [0.2, 0.25) is 0 Å². The van der Waals surface area contributed by atoms with Crippen LogP contribution in [0.25, 0.3) is 10.9 Å². The van der Waals surface area contributed by atoms with Gasteiger partial charge in [0.25, 0.3) is 0 Å². The molecule has 0 spiro atoms. The van der Waals surface area contributed by atoms with Crippen LogP contribution in [0.2, 0.25) is 0 Å². The van der Waals surface area contributed by atoms with Crippen LogP contribution in [0, 0.1) is 0 Å². The third-order valence-electron chi connectivity index (χ3n) is 4.16. The van der Waals surface area contributed by atoms with Gasteiger partial charge in [0, 0.05) is 24.5 Å². The number of likely N-dealkylation sites (N-methyl/N-ethyl adjacent to an activating group) is 1. The Balaban J connectivity index is 2.04. The maximum Gasteiger partial charge on any atom is 0.139 e. The molecule has 1 aromatic heterocycles. The number of thiocarbonyl (C=S) groups is 1. The quantitative estimate of drug-likeness (QED) is 0.879. The number of hydrogen-bond acceptors (Lipinski definition) is 4. The largest absolute Gasteiger partial charge is 0.389 e. The summed E-state index contributed by atoms with van der Waals surface area (Å²) >= 11 is 5.23. The number of anilines is 1. The molecule has 1 aromatic carbocycles. The molecule has 1 unspecified atom stereocenters. The van der Waals surface area contributed by atoms with E-state index in [1.165, 1.54) is 0 Å². The maximum atomic E-state index is 5.92. The van der Waals surface area contributed by atoms with Crippen LogP contribution < -0.4 is 10.6 Å². The lowest BCUT2D eigenvalue weighted by Gasteiger charge is -2.23. The predicted octanol–water partition coefficient (Wildman–Crippen LogP) is 2.01. The van der Waals surface area contributed by atoms with Crippen LogP contribution >= 0.6 is 12.2 Å². The van der Waals surface area contributed by atoms with Gasteiger partial charge < -0.3 is 15.5 Å². The molecule has 1 aliphatic rings. The Morgan fingerprint density at radius 2 is 2.14 bits per heavy atom. The van der Waals surface area contributed by atoms with E-state index in [1.54, 1.807) is 0 Å². The number of aromatic nitrogens is 1. The number of rotatable bonds is 3. The number of benzene rings is 1. The molecule has 0 bridgehead atoms. The van der Waals surface area contributed by atoms with Gasteiger partial charge in [-0.3, -0.25) is 0 Å². The van der Waals surface area contributed by atoms with Gasteiger partial charge in [-0.1, -0.05) is 30.4 Å². The van der Waals surface area contributed by atoms with Crippen molar-refractivity contribution in [2.45, 2.75) is 12.5 Å². The van der Waals surface area contributed by atoms with E-state index in [2.05, 4.69) is 30.0 Å². The first kappa shape index (κ1) is 14.2. The summed E-state index contributed by atoms with van der Waals surface area (Å²) < 4.78 is 0. The van der Waals surface area contributed by atoms with Gasteiger partial charge in [-0.2, -0.15) is 0 Å². The highest BCUT2D eigenvalue weighted by molar-refractivity contribution is 7.80. The predicted molar refractivity (Wildman–Crippen MR) is 91.9 cm³/mol. The topological polar surface area (TPSA) is 45.4 Å². The summed E-state index contributed by atoms with van der Waals surface area (Å²) in [6.07, 6.45) is 1.14. The van der Waals surface area contributed by atoms with Crippen LogP contribution in [-0.4, -0.2) is 48.1 Å². The first-order valence-corrected chi connectivity index (χ1v) is 7.58. The molecule has 0 radical (unpaired) electrons. The molecule has 0 amide bonds. The van der Waals surface area contributed by atoms with Gasteiger partial charge in [0.05, 0.1) is 11.1 Å². The Kier molecular flexibility index (Phi) is 3.78. The number of para-hydroxylation sites is 1. The van der Waals surface area contributed by atoms with Crippen molar-refractivity contribution >= 4 is 33.9 Å². The SMILES string of the molecule is CN(C)C1CCN(c2nc3ccccc3cc2C(N)=S)C1. The van der Waals surface area contributed by atoms with Crippen LogP contribution in [0.3, 0.4) is 0 Å². The molecule has 1 fully saturated rings. The molecule has 4 nitrogen and oxygen atoms in total. The summed E-state index contributed by atoms with van der Waals surface area (Å²) in [6, 6.07) is 10.7. The molecule has 5 heteroatoms. The average Bonchev–Trinajstić information content (AvgIpc) is 2.95. The number of fused-ring (bicyclic) bond motifs is 1. The Hall–Kier alpha value is -1.72. The summed E-state index contributed by atoms with van der Waals surface area (Å²) in [4.78, 5) is 9.79. The van der Waals surface area contributed by atoms with Crippen LogP contribution in [-0.2, 0) is 0 Å². The van der Waals surface area contributed by atoms with Crippen LogP contribution in [0.4, 0.5) is 5.82 Å². The van der Waals surface area contributed by atoms with Crippen molar-refractivity contribution in [1.29, 1.82) is 0 Å². The lowest BCUT2D eigenvalue weighted by molar-refractivity contribution is 0.315. The summed E-state index contributed by atoms with van der Waals surface area (Å²) in [7, 11) is 4.24. The van der Waals surface area contributed by atoms with E-state index in [-0.39, 0.29) is 0 Å². The Morgan fingerprint density at radius 1 is 1.38 bits per heavy atom. The molecule has 1 aliphatic heterocycles. The first-order chi connectivity index (χ1) is 10.1. The van der Waals surface area contributed by atoms with E-state index in [9.17, 15) is 0 Å². The first-order valence-electron chi connectivity index (χ1n) is 7.17. The van der Waals surface area contributed by atoms with E-state index >= 15 is 0 Å². The Morgan fingerprint density at radius 3 is 2.81 bits per heavy atom. The molecule has 2 aromatic rings. The molecule has 1 saturated heterocycles. The minimum absolute atomic E-state index is 0.413. The summed E-state index contributed by atoms with van der Waals surface area (Å²) in [5.74, 6) is 0.922. The average molecular weight is 300 g/mol. The number of nitrogens with zero attached hydrogens (tertiary/aromatic N) is 3. The minimum atomic E-state index is 0.413. The third-order valence-corrected chi connectivity index (χ3v) is 4.38. The van der Waals surface area contributed by atoms with Crippen molar-refractivity contribution < 1.29 is 0 Å². The Labute approximate surface area is 130 Å². The third kappa shape index (κ3) is 2.71. The van der Waals surface area contributed by atoms with Crippen molar-refractivity contribution in [2.24, 2.45) is 5.73 Å².